The van der Waals surface area contributed by atoms with Crippen molar-refractivity contribution >= 4 is 16.9 Å². The Bertz CT molecular complexity index is 784. The van der Waals surface area contributed by atoms with E-state index >= 15 is 0 Å². The van der Waals surface area contributed by atoms with Crippen molar-refractivity contribution in [2.45, 2.75) is 6.54 Å². The minimum absolute atomic E-state index is 0.305. The van der Waals surface area contributed by atoms with Crippen LogP contribution in [0.15, 0.2) is 54.9 Å². The van der Waals surface area contributed by atoms with E-state index in [2.05, 4.69) is 4.98 Å². The van der Waals surface area contributed by atoms with Gasteiger partial charge in [-0.15, -0.1) is 0 Å². The molecule has 2 N–H and O–H groups in total. The molecule has 2 aromatic heterocycles. The van der Waals surface area contributed by atoms with Crippen LogP contribution in [0.2, 0.25) is 0 Å². The summed E-state index contributed by atoms with van der Waals surface area (Å²) in [5, 5.41) is 8.69. The molecule has 0 spiro atoms. The van der Waals surface area contributed by atoms with Gasteiger partial charge in [0.1, 0.15) is 12.4 Å². The fourth-order valence-electron chi connectivity index (χ4n) is 2.23. The highest BCUT2D eigenvalue weighted by Gasteiger charge is 2.09. The van der Waals surface area contributed by atoms with Crippen LogP contribution in [-0.4, -0.2) is 27.3 Å². The first-order valence-electron chi connectivity index (χ1n) is 6.85. The summed E-state index contributed by atoms with van der Waals surface area (Å²) in [6.07, 6.45) is 3.32. The Balaban J connectivity index is 1.74. The second kappa shape index (κ2) is 6.28. The van der Waals surface area contributed by atoms with Gasteiger partial charge in [0.15, 0.2) is 0 Å². The molecule has 0 saturated heterocycles. The zero-order valence-corrected chi connectivity index (χ0v) is 11.8. The molecule has 2 heterocycles. The Morgan fingerprint density at radius 3 is 2.86 bits per heavy atom. The van der Waals surface area contributed by atoms with E-state index < -0.39 is 5.91 Å². The van der Waals surface area contributed by atoms with Crippen LogP contribution >= 0.6 is 0 Å². The molecule has 1 aromatic carbocycles. The minimum Gasteiger partial charge on any atom is -0.492 e. The van der Waals surface area contributed by atoms with Crippen molar-refractivity contribution in [2.75, 3.05) is 6.61 Å². The normalized spacial score (nSPS) is 10.6. The molecule has 6 heteroatoms. The monoisotopic (exact) mass is 297 g/mol. The summed E-state index contributed by atoms with van der Waals surface area (Å²) in [7, 11) is 0. The number of hydroxylamine groups is 1. The molecular formula is C16H15N3O3. The molecule has 0 aliphatic heterocycles. The number of nitrogens with zero attached hydrogens (tertiary/aromatic N) is 2. The summed E-state index contributed by atoms with van der Waals surface area (Å²) in [5.74, 6) is 0.236. The maximum absolute atomic E-state index is 11.5. The number of carbonyl (C=O) groups excluding carboxylic acids is 1. The summed E-state index contributed by atoms with van der Waals surface area (Å²) in [6, 6.07) is 13.1. The Morgan fingerprint density at radius 2 is 2.09 bits per heavy atom. The molecule has 0 atom stereocenters. The lowest BCUT2D eigenvalue weighted by molar-refractivity contribution is 0.0706. The molecule has 0 bridgehead atoms. The fourth-order valence-corrected chi connectivity index (χ4v) is 2.23. The number of fused-ring (bicyclic) bond motifs is 1. The first-order valence-corrected chi connectivity index (χ1v) is 6.85. The lowest BCUT2D eigenvalue weighted by Crippen LogP contribution is -2.18. The van der Waals surface area contributed by atoms with E-state index in [-0.39, 0.29) is 0 Å². The first-order chi connectivity index (χ1) is 10.8. The predicted octanol–water partition coefficient (Wildman–Crippen LogP) is 2.23. The number of rotatable bonds is 5. The molecule has 1 amide bonds. The number of carbonyl (C=O) groups is 1. The Labute approximate surface area is 126 Å². The van der Waals surface area contributed by atoms with Crippen LogP contribution in [0.1, 0.15) is 10.4 Å². The molecule has 0 fully saturated rings. The number of para-hydroxylation sites is 1. The second-order valence-corrected chi connectivity index (χ2v) is 4.74. The van der Waals surface area contributed by atoms with Gasteiger partial charge in [-0.25, -0.2) is 5.48 Å². The van der Waals surface area contributed by atoms with Crippen LogP contribution in [0.4, 0.5) is 0 Å². The smallest absolute Gasteiger partial charge is 0.276 e. The van der Waals surface area contributed by atoms with Gasteiger partial charge >= 0.3 is 0 Å². The van der Waals surface area contributed by atoms with Crippen molar-refractivity contribution in [1.29, 1.82) is 0 Å². The van der Waals surface area contributed by atoms with Gasteiger partial charge in [0.2, 0.25) is 0 Å². The van der Waals surface area contributed by atoms with E-state index in [1.165, 1.54) is 6.20 Å². The molecule has 3 rings (SSSR count). The van der Waals surface area contributed by atoms with Gasteiger partial charge in [-0.1, -0.05) is 18.2 Å². The molecule has 22 heavy (non-hydrogen) atoms. The standard InChI is InChI=1S/C16H15N3O3/c20-16(18-21)12-10-15-14(17-11-12)6-7-19(15)8-9-22-13-4-2-1-3-5-13/h1-7,10-11,21H,8-9H2,(H,18,20). The molecule has 0 unspecified atom stereocenters. The minimum atomic E-state index is -0.581. The average Bonchev–Trinajstić information content (AvgIpc) is 2.97. The number of aromatic nitrogens is 2. The van der Waals surface area contributed by atoms with Crippen LogP contribution in [0.5, 0.6) is 5.75 Å². The molecular weight excluding hydrogens is 282 g/mol. The summed E-state index contributed by atoms with van der Waals surface area (Å²) in [6.45, 7) is 1.13. The third-order valence-electron chi connectivity index (χ3n) is 3.33. The molecule has 0 radical (unpaired) electrons. The van der Waals surface area contributed by atoms with E-state index in [9.17, 15) is 4.79 Å². The fraction of sp³-hybridized carbons (Fsp3) is 0.125. The quantitative estimate of drug-likeness (QED) is 0.559. The molecule has 0 aliphatic rings. The van der Waals surface area contributed by atoms with Gasteiger partial charge < -0.3 is 9.30 Å². The van der Waals surface area contributed by atoms with E-state index in [1.807, 2.05) is 47.2 Å². The summed E-state index contributed by atoms with van der Waals surface area (Å²) in [4.78, 5) is 15.7. The van der Waals surface area contributed by atoms with E-state index in [0.717, 1.165) is 16.8 Å². The topological polar surface area (TPSA) is 76.4 Å². The molecule has 0 saturated carbocycles. The van der Waals surface area contributed by atoms with Crippen molar-refractivity contribution < 1.29 is 14.7 Å². The average molecular weight is 297 g/mol. The van der Waals surface area contributed by atoms with Crippen molar-refractivity contribution in [1.82, 2.24) is 15.0 Å². The number of ether oxygens (including phenoxy) is 1. The van der Waals surface area contributed by atoms with Crippen molar-refractivity contribution in [3.63, 3.8) is 0 Å². The molecule has 3 aromatic rings. The Hall–Kier alpha value is -2.86. The molecule has 6 nitrogen and oxygen atoms in total. The number of pyridine rings is 1. The van der Waals surface area contributed by atoms with E-state index in [1.54, 1.807) is 11.5 Å². The highest BCUT2D eigenvalue weighted by Crippen LogP contribution is 2.15. The van der Waals surface area contributed by atoms with Crippen LogP contribution in [-0.2, 0) is 6.54 Å². The maximum atomic E-state index is 11.5. The number of benzene rings is 1. The van der Waals surface area contributed by atoms with Crippen LogP contribution in [0.3, 0.4) is 0 Å². The SMILES string of the molecule is O=C(NO)c1cnc2ccn(CCOc3ccccc3)c2c1. The largest absolute Gasteiger partial charge is 0.492 e. The highest BCUT2D eigenvalue weighted by atomic mass is 16.5. The van der Waals surface area contributed by atoms with Crippen molar-refractivity contribution in [3.8, 4) is 5.75 Å². The maximum Gasteiger partial charge on any atom is 0.276 e. The predicted molar refractivity (Wildman–Crippen MR) is 80.9 cm³/mol. The van der Waals surface area contributed by atoms with Crippen LogP contribution < -0.4 is 10.2 Å². The van der Waals surface area contributed by atoms with Gasteiger partial charge in [-0.3, -0.25) is 15.0 Å². The van der Waals surface area contributed by atoms with Gasteiger partial charge in [0.05, 0.1) is 23.1 Å². The third-order valence-corrected chi connectivity index (χ3v) is 3.33. The van der Waals surface area contributed by atoms with Crippen LogP contribution in [0.25, 0.3) is 11.0 Å². The van der Waals surface area contributed by atoms with Gasteiger partial charge in [0, 0.05) is 12.4 Å². The lowest BCUT2D eigenvalue weighted by atomic mass is 10.2. The van der Waals surface area contributed by atoms with E-state index in [4.69, 9.17) is 9.94 Å². The van der Waals surface area contributed by atoms with Gasteiger partial charge in [-0.2, -0.15) is 0 Å². The van der Waals surface area contributed by atoms with E-state index in [0.29, 0.717) is 18.7 Å². The zero-order chi connectivity index (χ0) is 15.4. The Morgan fingerprint density at radius 1 is 1.27 bits per heavy atom. The second-order valence-electron chi connectivity index (χ2n) is 4.74. The zero-order valence-electron chi connectivity index (χ0n) is 11.8. The first kappa shape index (κ1) is 14.1. The summed E-state index contributed by atoms with van der Waals surface area (Å²) >= 11 is 0. The summed E-state index contributed by atoms with van der Waals surface area (Å²) < 4.78 is 7.62. The highest BCUT2D eigenvalue weighted by molar-refractivity contribution is 5.96. The van der Waals surface area contributed by atoms with Crippen molar-refractivity contribution in [3.05, 3.63) is 60.4 Å². The van der Waals surface area contributed by atoms with Crippen molar-refractivity contribution in [2.24, 2.45) is 0 Å². The molecule has 0 aliphatic carbocycles. The van der Waals surface area contributed by atoms with Gasteiger partial charge in [0.25, 0.3) is 5.91 Å². The third kappa shape index (κ3) is 2.91. The number of nitrogens with one attached hydrogen (secondary N) is 1. The number of hydrogen-bond acceptors (Lipinski definition) is 4. The van der Waals surface area contributed by atoms with Gasteiger partial charge in [-0.05, 0) is 24.3 Å². The summed E-state index contributed by atoms with van der Waals surface area (Å²) in [5.41, 5.74) is 3.52. The van der Waals surface area contributed by atoms with Crippen LogP contribution in [0, 0.1) is 0 Å². The Kier molecular flexibility index (Phi) is 4.02. The lowest BCUT2D eigenvalue weighted by Gasteiger charge is -2.08. The molecule has 112 valence electrons. The number of hydrogen-bond donors (Lipinski definition) is 2. The number of amides is 1.